The second-order valence-electron chi connectivity index (χ2n) is 5.74. The summed E-state index contributed by atoms with van der Waals surface area (Å²) in [6, 6.07) is 12.7. The number of rotatable bonds is 6. The van der Waals surface area contributed by atoms with Crippen molar-refractivity contribution in [2.45, 2.75) is 6.92 Å². The number of urea groups is 1. The molecule has 8 heteroatoms. The molecule has 0 aromatic heterocycles. The highest BCUT2D eigenvalue weighted by Gasteiger charge is 2.35. The van der Waals surface area contributed by atoms with Gasteiger partial charge in [-0.3, -0.25) is 4.79 Å². The highest BCUT2D eigenvalue weighted by Crippen LogP contribution is 2.27. The van der Waals surface area contributed by atoms with Crippen LogP contribution in [0.15, 0.2) is 54.2 Å². The van der Waals surface area contributed by atoms with Gasteiger partial charge in [-0.15, -0.1) is 0 Å². The van der Waals surface area contributed by atoms with E-state index in [0.717, 1.165) is 4.90 Å². The molecule has 1 fully saturated rings. The average molecular weight is 401 g/mol. The molecule has 7 nitrogen and oxygen atoms in total. The van der Waals surface area contributed by atoms with E-state index < -0.39 is 17.9 Å². The third-order valence-corrected chi connectivity index (χ3v) is 4.05. The van der Waals surface area contributed by atoms with Crippen LogP contribution in [0, 0.1) is 0 Å². The quantitative estimate of drug-likeness (QED) is 0.456. The van der Waals surface area contributed by atoms with E-state index in [-0.39, 0.29) is 18.9 Å². The van der Waals surface area contributed by atoms with Gasteiger partial charge in [0.25, 0.3) is 5.91 Å². The predicted octanol–water partition coefficient (Wildman–Crippen LogP) is 3.38. The molecule has 1 heterocycles. The zero-order valence-electron chi connectivity index (χ0n) is 15.0. The average Bonchev–Trinajstić information content (AvgIpc) is 2.94. The van der Waals surface area contributed by atoms with Crippen LogP contribution in [0.3, 0.4) is 0 Å². The Hall–Kier alpha value is -3.32. The van der Waals surface area contributed by atoms with Gasteiger partial charge in [-0.25, -0.2) is 14.5 Å². The summed E-state index contributed by atoms with van der Waals surface area (Å²) in [5, 5.41) is 2.95. The maximum absolute atomic E-state index is 12.7. The highest BCUT2D eigenvalue weighted by molar-refractivity contribution is 6.32. The zero-order chi connectivity index (χ0) is 20.1. The van der Waals surface area contributed by atoms with E-state index in [2.05, 4.69) is 5.32 Å². The molecule has 2 aromatic carbocycles. The smallest absolute Gasteiger partial charge is 0.344 e. The summed E-state index contributed by atoms with van der Waals surface area (Å²) < 4.78 is 10.3. The minimum atomic E-state index is -0.580. The number of halogens is 1. The van der Waals surface area contributed by atoms with Gasteiger partial charge in [0.2, 0.25) is 0 Å². The Morgan fingerprint density at radius 3 is 2.71 bits per heavy atom. The van der Waals surface area contributed by atoms with Crippen molar-refractivity contribution in [3.8, 4) is 5.75 Å². The van der Waals surface area contributed by atoms with Gasteiger partial charge in [0.1, 0.15) is 11.4 Å². The Morgan fingerprint density at radius 1 is 1.18 bits per heavy atom. The molecule has 1 saturated heterocycles. The molecule has 1 aliphatic heterocycles. The number of carbonyl (C=O) groups is 3. The summed E-state index contributed by atoms with van der Waals surface area (Å²) in [6.07, 6.45) is 1.49. The molecule has 1 N–H and O–H groups in total. The molecule has 0 aliphatic carbocycles. The van der Waals surface area contributed by atoms with Crippen LogP contribution in [0.2, 0.25) is 5.02 Å². The van der Waals surface area contributed by atoms with Crippen molar-refractivity contribution < 1.29 is 23.9 Å². The molecule has 1 aliphatic rings. The molecule has 0 saturated carbocycles. The van der Waals surface area contributed by atoms with Gasteiger partial charge in [-0.2, -0.15) is 0 Å². The minimum absolute atomic E-state index is 0.0807. The van der Waals surface area contributed by atoms with E-state index in [0.29, 0.717) is 22.0 Å². The summed E-state index contributed by atoms with van der Waals surface area (Å²) in [4.78, 5) is 37.5. The Bertz CT molecular complexity index is 957. The fourth-order valence-electron chi connectivity index (χ4n) is 2.61. The van der Waals surface area contributed by atoms with Crippen LogP contribution in [0.5, 0.6) is 5.75 Å². The molecule has 0 unspecified atom stereocenters. The molecule has 0 atom stereocenters. The SMILES string of the molecule is CCOC(=O)COc1ccccc1C=C1NC(=O)N(c2cccc(Cl)c2)C1=O. The van der Waals surface area contributed by atoms with Crippen LogP contribution in [-0.2, 0) is 14.3 Å². The second kappa shape index (κ2) is 8.58. The molecule has 3 rings (SSSR count). The number of esters is 1. The lowest BCUT2D eigenvalue weighted by atomic mass is 10.1. The van der Waals surface area contributed by atoms with Gasteiger partial charge in [0, 0.05) is 10.6 Å². The monoisotopic (exact) mass is 400 g/mol. The third-order valence-electron chi connectivity index (χ3n) is 3.81. The molecular formula is C20H17ClN2O5. The van der Waals surface area contributed by atoms with Crippen molar-refractivity contribution in [1.82, 2.24) is 5.32 Å². The summed E-state index contributed by atoms with van der Waals surface area (Å²) in [5.41, 5.74) is 0.978. The fourth-order valence-corrected chi connectivity index (χ4v) is 2.80. The maximum atomic E-state index is 12.7. The van der Waals surface area contributed by atoms with Crippen LogP contribution in [0.25, 0.3) is 6.08 Å². The first-order valence-electron chi connectivity index (χ1n) is 8.49. The number of amides is 3. The van der Waals surface area contributed by atoms with Crippen LogP contribution in [-0.4, -0.2) is 31.1 Å². The van der Waals surface area contributed by atoms with Gasteiger partial charge in [0.15, 0.2) is 6.61 Å². The third kappa shape index (κ3) is 4.32. The predicted molar refractivity (Wildman–Crippen MR) is 104 cm³/mol. The first-order valence-corrected chi connectivity index (χ1v) is 8.87. The van der Waals surface area contributed by atoms with Crippen LogP contribution >= 0.6 is 11.6 Å². The second-order valence-corrected chi connectivity index (χ2v) is 6.18. The van der Waals surface area contributed by atoms with Crippen LogP contribution < -0.4 is 15.0 Å². The molecule has 28 heavy (non-hydrogen) atoms. The van der Waals surface area contributed by atoms with Crippen molar-refractivity contribution in [3.63, 3.8) is 0 Å². The summed E-state index contributed by atoms with van der Waals surface area (Å²) in [6.45, 7) is 1.70. The van der Waals surface area contributed by atoms with Crippen molar-refractivity contribution in [2.75, 3.05) is 18.1 Å². The Labute approximate surface area is 166 Å². The van der Waals surface area contributed by atoms with Gasteiger partial charge < -0.3 is 14.8 Å². The topological polar surface area (TPSA) is 84.9 Å². The number of imide groups is 1. The van der Waals surface area contributed by atoms with Crippen LogP contribution in [0.1, 0.15) is 12.5 Å². The summed E-state index contributed by atoms with van der Waals surface area (Å²) >= 11 is 5.95. The lowest BCUT2D eigenvalue weighted by molar-refractivity contribution is -0.145. The molecule has 3 amide bonds. The number of benzene rings is 2. The van der Waals surface area contributed by atoms with E-state index in [1.165, 1.54) is 12.1 Å². The zero-order valence-corrected chi connectivity index (χ0v) is 15.7. The highest BCUT2D eigenvalue weighted by atomic mass is 35.5. The Kier molecular flexibility index (Phi) is 5.96. The summed E-state index contributed by atoms with van der Waals surface area (Å²) in [7, 11) is 0. The molecule has 0 radical (unpaired) electrons. The van der Waals surface area contributed by atoms with Crippen molar-refractivity contribution in [1.29, 1.82) is 0 Å². The van der Waals surface area contributed by atoms with Gasteiger partial charge in [-0.05, 0) is 37.3 Å². The molecule has 0 bridgehead atoms. The normalized spacial score (nSPS) is 14.9. The molecule has 144 valence electrons. The number of hydrogen-bond donors (Lipinski definition) is 1. The van der Waals surface area contributed by atoms with E-state index >= 15 is 0 Å². The first-order chi connectivity index (χ1) is 13.5. The largest absolute Gasteiger partial charge is 0.481 e. The van der Waals surface area contributed by atoms with Gasteiger partial charge in [0.05, 0.1) is 12.3 Å². The molecule has 2 aromatic rings. The number of hydrogen-bond acceptors (Lipinski definition) is 5. The number of nitrogens with one attached hydrogen (secondary N) is 1. The van der Waals surface area contributed by atoms with Gasteiger partial charge in [-0.1, -0.05) is 35.9 Å². The fraction of sp³-hybridized carbons (Fsp3) is 0.150. The van der Waals surface area contributed by atoms with Gasteiger partial charge >= 0.3 is 12.0 Å². The number of carbonyl (C=O) groups excluding carboxylic acids is 3. The lowest BCUT2D eigenvalue weighted by Crippen LogP contribution is -2.30. The minimum Gasteiger partial charge on any atom is -0.481 e. The number of anilines is 1. The lowest BCUT2D eigenvalue weighted by Gasteiger charge is -2.11. The molecular weight excluding hydrogens is 384 g/mol. The number of para-hydroxylation sites is 1. The summed E-state index contributed by atoms with van der Waals surface area (Å²) in [5.74, 6) is -0.638. The van der Waals surface area contributed by atoms with Crippen molar-refractivity contribution in [2.24, 2.45) is 0 Å². The Morgan fingerprint density at radius 2 is 1.96 bits per heavy atom. The van der Waals surface area contributed by atoms with E-state index in [1.807, 2.05) is 0 Å². The van der Waals surface area contributed by atoms with E-state index in [1.54, 1.807) is 49.4 Å². The molecule has 0 spiro atoms. The Balaban J connectivity index is 1.83. The van der Waals surface area contributed by atoms with E-state index in [4.69, 9.17) is 21.1 Å². The first kappa shape index (κ1) is 19.4. The van der Waals surface area contributed by atoms with Crippen molar-refractivity contribution >= 4 is 41.3 Å². The van der Waals surface area contributed by atoms with Crippen molar-refractivity contribution in [3.05, 3.63) is 64.8 Å². The number of ether oxygens (including phenoxy) is 2. The maximum Gasteiger partial charge on any atom is 0.344 e. The number of nitrogens with zero attached hydrogens (tertiary/aromatic N) is 1. The van der Waals surface area contributed by atoms with E-state index in [9.17, 15) is 14.4 Å². The standard InChI is InChI=1S/C20H17ClN2O5/c1-2-27-18(24)12-28-17-9-4-3-6-13(17)10-16-19(25)23(20(26)22-16)15-8-5-7-14(21)11-15/h3-11H,2,12H2,1H3,(H,22,26). The van der Waals surface area contributed by atoms with Crippen LogP contribution in [0.4, 0.5) is 10.5 Å².